The number of thioether (sulfide) groups is 1. The third-order valence-electron chi connectivity index (χ3n) is 3.48. The number of amides is 1. The van der Waals surface area contributed by atoms with Gasteiger partial charge in [0.05, 0.1) is 10.6 Å². The molecule has 0 saturated carbocycles. The van der Waals surface area contributed by atoms with Crippen LogP contribution in [0.4, 0.5) is 22.4 Å². The molecule has 0 radical (unpaired) electrons. The van der Waals surface area contributed by atoms with E-state index in [0.29, 0.717) is 9.36 Å². The van der Waals surface area contributed by atoms with E-state index in [2.05, 4.69) is 10.4 Å². The van der Waals surface area contributed by atoms with Gasteiger partial charge in [-0.15, -0.1) is 4.68 Å². The van der Waals surface area contributed by atoms with Gasteiger partial charge in [0.2, 0.25) is 0 Å². The molecular formula is C15H17F4N5O2S. The molecule has 1 heterocycles. The Balaban J connectivity index is 2.39. The SMILES string of the molecule is CC(C)N(C(=O)n1nnn(-c2ccc(SC(F)(F)F)c(F)c2)c1=O)C(C)C. The van der Waals surface area contributed by atoms with Crippen LogP contribution in [0.1, 0.15) is 27.7 Å². The molecule has 0 unspecified atom stereocenters. The quantitative estimate of drug-likeness (QED) is 0.442. The van der Waals surface area contributed by atoms with Crippen LogP contribution in [0.2, 0.25) is 0 Å². The highest BCUT2D eigenvalue weighted by atomic mass is 32.2. The summed E-state index contributed by atoms with van der Waals surface area (Å²) in [7, 11) is 0. The van der Waals surface area contributed by atoms with Crippen molar-refractivity contribution in [3.05, 3.63) is 34.5 Å². The van der Waals surface area contributed by atoms with Gasteiger partial charge in [0.1, 0.15) is 5.82 Å². The van der Waals surface area contributed by atoms with Crippen molar-refractivity contribution in [2.24, 2.45) is 0 Å². The molecule has 12 heteroatoms. The van der Waals surface area contributed by atoms with Crippen LogP contribution in [-0.4, -0.2) is 48.3 Å². The Morgan fingerprint density at radius 2 is 1.74 bits per heavy atom. The summed E-state index contributed by atoms with van der Waals surface area (Å²) in [5, 5.41) is 7.03. The van der Waals surface area contributed by atoms with Crippen molar-refractivity contribution < 1.29 is 22.4 Å². The van der Waals surface area contributed by atoms with Crippen LogP contribution in [0, 0.1) is 5.82 Å². The Morgan fingerprint density at radius 1 is 1.15 bits per heavy atom. The number of benzene rings is 1. The number of halogens is 4. The molecule has 0 fully saturated rings. The van der Waals surface area contributed by atoms with Gasteiger partial charge in [0.25, 0.3) is 0 Å². The molecule has 0 aliphatic carbocycles. The lowest BCUT2D eigenvalue weighted by Gasteiger charge is -2.29. The normalized spacial score (nSPS) is 12.1. The Hall–Kier alpha value is -2.37. The van der Waals surface area contributed by atoms with Gasteiger partial charge in [-0.2, -0.15) is 17.9 Å². The molecule has 2 aromatic rings. The number of carbonyl (C=O) groups excluding carboxylic acids is 1. The summed E-state index contributed by atoms with van der Waals surface area (Å²) in [6, 6.07) is 1.55. The molecule has 7 nitrogen and oxygen atoms in total. The number of hydrogen-bond acceptors (Lipinski definition) is 5. The molecule has 0 bridgehead atoms. The van der Waals surface area contributed by atoms with Crippen LogP contribution in [0.15, 0.2) is 27.9 Å². The van der Waals surface area contributed by atoms with Crippen molar-refractivity contribution in [1.29, 1.82) is 0 Å². The van der Waals surface area contributed by atoms with Crippen molar-refractivity contribution in [3.8, 4) is 5.69 Å². The molecule has 0 aliphatic heterocycles. The standard InChI is InChI=1S/C15H17F4N5O2S/c1-8(2)22(9(3)4)13(25)24-14(26)23(20-21-24)10-5-6-12(11(16)7-10)27-15(17,18)19/h5-9H,1-4H3. The van der Waals surface area contributed by atoms with Gasteiger partial charge in [-0.05, 0) is 62.0 Å². The van der Waals surface area contributed by atoms with Crippen LogP contribution >= 0.6 is 11.8 Å². The minimum Gasteiger partial charge on any atom is -0.318 e. The van der Waals surface area contributed by atoms with E-state index in [-0.39, 0.29) is 17.8 Å². The van der Waals surface area contributed by atoms with E-state index >= 15 is 0 Å². The molecule has 0 aliphatic rings. The summed E-state index contributed by atoms with van der Waals surface area (Å²) in [5.74, 6) is -1.17. The Bertz CT molecular complexity index is 883. The van der Waals surface area contributed by atoms with E-state index < -0.39 is 39.7 Å². The maximum absolute atomic E-state index is 13.9. The van der Waals surface area contributed by atoms with Crippen molar-refractivity contribution in [2.45, 2.75) is 50.2 Å². The highest BCUT2D eigenvalue weighted by molar-refractivity contribution is 8.00. The molecular weight excluding hydrogens is 390 g/mol. The van der Waals surface area contributed by atoms with Crippen molar-refractivity contribution in [2.75, 3.05) is 0 Å². The second-order valence-electron chi connectivity index (χ2n) is 6.12. The second-order valence-corrected chi connectivity index (χ2v) is 7.23. The van der Waals surface area contributed by atoms with Gasteiger partial charge >= 0.3 is 17.2 Å². The van der Waals surface area contributed by atoms with Gasteiger partial charge in [-0.3, -0.25) is 0 Å². The monoisotopic (exact) mass is 407 g/mol. The maximum atomic E-state index is 13.9. The molecule has 148 valence electrons. The average Bonchev–Trinajstić information content (AvgIpc) is 2.89. The first kappa shape index (κ1) is 20.9. The first-order valence-electron chi connectivity index (χ1n) is 7.85. The molecule has 0 N–H and O–H groups in total. The number of alkyl halides is 3. The highest BCUT2D eigenvalue weighted by Crippen LogP contribution is 2.38. The lowest BCUT2D eigenvalue weighted by atomic mass is 10.2. The number of tetrazole rings is 1. The smallest absolute Gasteiger partial charge is 0.318 e. The third kappa shape index (κ3) is 4.67. The Labute approximate surface area is 155 Å². The second kappa shape index (κ2) is 7.71. The van der Waals surface area contributed by atoms with Gasteiger partial charge in [0.15, 0.2) is 0 Å². The first-order chi connectivity index (χ1) is 12.4. The fourth-order valence-corrected chi connectivity index (χ4v) is 3.05. The molecule has 1 aromatic heterocycles. The van der Waals surface area contributed by atoms with E-state index in [0.717, 1.165) is 18.2 Å². The molecule has 0 spiro atoms. The predicted octanol–water partition coefficient (Wildman–Crippen LogP) is 3.27. The fourth-order valence-electron chi connectivity index (χ4n) is 2.50. The highest BCUT2D eigenvalue weighted by Gasteiger charge is 2.31. The predicted molar refractivity (Wildman–Crippen MR) is 90.4 cm³/mol. The van der Waals surface area contributed by atoms with Crippen LogP contribution in [0.5, 0.6) is 0 Å². The zero-order valence-electron chi connectivity index (χ0n) is 14.9. The molecule has 1 aromatic carbocycles. The largest absolute Gasteiger partial charge is 0.446 e. The minimum atomic E-state index is -4.65. The minimum absolute atomic E-state index is 0.149. The van der Waals surface area contributed by atoms with Gasteiger partial charge in [-0.1, -0.05) is 0 Å². The summed E-state index contributed by atoms with van der Waals surface area (Å²) in [6.07, 6.45) is 0. The maximum Gasteiger partial charge on any atom is 0.446 e. The van der Waals surface area contributed by atoms with E-state index in [9.17, 15) is 27.2 Å². The van der Waals surface area contributed by atoms with Crippen molar-refractivity contribution in [3.63, 3.8) is 0 Å². The third-order valence-corrected chi connectivity index (χ3v) is 4.26. The van der Waals surface area contributed by atoms with Crippen LogP contribution in [0.3, 0.4) is 0 Å². The van der Waals surface area contributed by atoms with Gasteiger partial charge in [-0.25, -0.2) is 14.0 Å². The van der Waals surface area contributed by atoms with E-state index in [1.54, 1.807) is 27.7 Å². The van der Waals surface area contributed by atoms with E-state index in [4.69, 9.17) is 0 Å². The number of hydrogen-bond donors (Lipinski definition) is 0. The first-order valence-corrected chi connectivity index (χ1v) is 8.67. The summed E-state index contributed by atoms with van der Waals surface area (Å²) in [5.41, 5.74) is -5.75. The molecule has 0 saturated heterocycles. The zero-order chi connectivity index (χ0) is 20.5. The molecule has 2 rings (SSSR count). The summed E-state index contributed by atoms with van der Waals surface area (Å²) in [4.78, 5) is 25.7. The van der Waals surface area contributed by atoms with Gasteiger partial charge in [0, 0.05) is 18.2 Å². The van der Waals surface area contributed by atoms with Crippen LogP contribution in [0.25, 0.3) is 5.69 Å². The van der Waals surface area contributed by atoms with Crippen molar-refractivity contribution in [1.82, 2.24) is 24.7 Å². The Kier molecular flexibility index (Phi) is 5.97. The molecule has 27 heavy (non-hydrogen) atoms. The van der Waals surface area contributed by atoms with Gasteiger partial charge < -0.3 is 4.90 Å². The number of rotatable bonds is 4. The number of nitrogens with zero attached hydrogens (tertiary/aromatic N) is 5. The van der Waals surface area contributed by atoms with Crippen LogP contribution < -0.4 is 5.69 Å². The number of aromatic nitrogens is 4. The number of carbonyl (C=O) groups is 1. The molecule has 1 amide bonds. The van der Waals surface area contributed by atoms with E-state index in [1.807, 2.05) is 0 Å². The van der Waals surface area contributed by atoms with E-state index in [1.165, 1.54) is 4.90 Å². The average molecular weight is 407 g/mol. The summed E-state index contributed by atoms with van der Waals surface area (Å²) in [6.45, 7) is 7.05. The summed E-state index contributed by atoms with van der Waals surface area (Å²) >= 11 is -0.609. The summed E-state index contributed by atoms with van der Waals surface area (Å²) < 4.78 is 52.2. The topological polar surface area (TPSA) is 73.0 Å². The fraction of sp³-hybridized carbons (Fsp3) is 0.467. The lowest BCUT2D eigenvalue weighted by Crippen LogP contribution is -2.47. The van der Waals surface area contributed by atoms with Crippen molar-refractivity contribution >= 4 is 17.8 Å². The molecule has 0 atom stereocenters. The lowest BCUT2D eigenvalue weighted by molar-refractivity contribution is -0.0329. The zero-order valence-corrected chi connectivity index (χ0v) is 15.7. The van der Waals surface area contributed by atoms with Crippen LogP contribution in [-0.2, 0) is 0 Å². The Morgan fingerprint density at radius 3 is 2.22 bits per heavy atom.